The lowest BCUT2D eigenvalue weighted by molar-refractivity contribution is -0.176. The predicted molar refractivity (Wildman–Crippen MR) is 41.1 cm³/mol. The lowest BCUT2D eigenvalue weighted by atomic mass is 10.1. The molecule has 0 fully saturated rings. The first-order chi connectivity index (χ1) is 6.32. The summed E-state index contributed by atoms with van der Waals surface area (Å²) in [5, 5.41) is 7.85. The minimum Gasteiger partial charge on any atom is -0.480 e. The number of carboxylic acids is 1. The SMILES string of the molecule is Cc1nsc(C(C(=O)O)C(F)(F)F)n1. The molecule has 14 heavy (non-hydrogen) atoms. The Morgan fingerprint density at radius 3 is 2.43 bits per heavy atom. The van der Waals surface area contributed by atoms with E-state index in [9.17, 15) is 18.0 Å². The molecule has 1 unspecified atom stereocenters. The zero-order valence-corrected chi connectivity index (χ0v) is 7.69. The summed E-state index contributed by atoms with van der Waals surface area (Å²) in [7, 11) is 0. The molecule has 1 aromatic heterocycles. The summed E-state index contributed by atoms with van der Waals surface area (Å²) < 4.78 is 40.2. The molecule has 0 spiro atoms. The van der Waals surface area contributed by atoms with Crippen LogP contribution in [0.15, 0.2) is 0 Å². The van der Waals surface area contributed by atoms with Crippen LogP contribution in [0.1, 0.15) is 16.7 Å². The maximum atomic E-state index is 12.2. The number of halogens is 3. The van der Waals surface area contributed by atoms with Gasteiger partial charge in [0.05, 0.1) is 0 Å². The van der Waals surface area contributed by atoms with Crippen molar-refractivity contribution in [2.45, 2.75) is 19.0 Å². The predicted octanol–water partition coefficient (Wildman–Crippen LogP) is 1.58. The van der Waals surface area contributed by atoms with Gasteiger partial charge in [-0.25, -0.2) is 4.98 Å². The van der Waals surface area contributed by atoms with Crippen molar-refractivity contribution < 1.29 is 23.1 Å². The molecule has 0 aromatic carbocycles. The molecule has 0 saturated heterocycles. The van der Waals surface area contributed by atoms with Gasteiger partial charge in [0.1, 0.15) is 10.8 Å². The molecule has 0 aliphatic rings. The highest BCUT2D eigenvalue weighted by molar-refractivity contribution is 7.05. The quantitative estimate of drug-likeness (QED) is 0.831. The Balaban J connectivity index is 3.07. The summed E-state index contributed by atoms with van der Waals surface area (Å²) in [5.74, 6) is -4.40. The minimum absolute atomic E-state index is 0.139. The third-order valence-corrected chi connectivity index (χ3v) is 2.23. The molecule has 1 rings (SSSR count). The molecule has 0 aliphatic heterocycles. The summed E-state index contributed by atoms with van der Waals surface area (Å²) in [5.41, 5.74) is 0. The summed E-state index contributed by atoms with van der Waals surface area (Å²) >= 11 is 0.451. The van der Waals surface area contributed by atoms with Crippen LogP contribution < -0.4 is 0 Å². The fourth-order valence-electron chi connectivity index (χ4n) is 0.816. The standard InChI is InChI=1S/C6H5F3N2O2S/c1-2-10-4(14-11-2)3(5(12)13)6(7,8)9/h3H,1H3,(H,12,13). The number of aryl methyl sites for hydroxylation is 1. The van der Waals surface area contributed by atoms with Gasteiger partial charge in [-0.05, 0) is 18.5 Å². The molecule has 0 bridgehead atoms. The third kappa shape index (κ3) is 2.19. The van der Waals surface area contributed by atoms with Crippen molar-refractivity contribution in [2.75, 3.05) is 0 Å². The van der Waals surface area contributed by atoms with Crippen molar-refractivity contribution in [3.63, 3.8) is 0 Å². The van der Waals surface area contributed by atoms with E-state index in [1.165, 1.54) is 6.92 Å². The molecule has 1 heterocycles. The Hall–Kier alpha value is -1.18. The maximum absolute atomic E-state index is 12.2. The van der Waals surface area contributed by atoms with Crippen LogP contribution in [0, 0.1) is 6.92 Å². The number of carbonyl (C=O) groups is 1. The number of aliphatic carboxylic acids is 1. The molecule has 1 atom stereocenters. The molecule has 0 saturated carbocycles. The molecule has 4 nitrogen and oxygen atoms in total. The summed E-state index contributed by atoms with van der Waals surface area (Å²) in [6, 6.07) is 0. The summed E-state index contributed by atoms with van der Waals surface area (Å²) in [6.07, 6.45) is -4.84. The Bertz CT molecular complexity index is 349. The van der Waals surface area contributed by atoms with Gasteiger partial charge in [0.15, 0.2) is 0 Å². The highest BCUT2D eigenvalue weighted by Crippen LogP contribution is 2.35. The van der Waals surface area contributed by atoms with E-state index in [1.807, 2.05) is 0 Å². The molecule has 8 heteroatoms. The van der Waals surface area contributed by atoms with E-state index in [4.69, 9.17) is 5.11 Å². The molecule has 0 aliphatic carbocycles. The fourth-order valence-corrected chi connectivity index (χ4v) is 1.60. The zero-order chi connectivity index (χ0) is 10.9. The minimum atomic E-state index is -4.84. The maximum Gasteiger partial charge on any atom is 0.408 e. The van der Waals surface area contributed by atoms with E-state index in [2.05, 4.69) is 9.36 Å². The Kier molecular flexibility index (Phi) is 2.74. The van der Waals surface area contributed by atoms with Gasteiger partial charge in [0.25, 0.3) is 0 Å². The van der Waals surface area contributed by atoms with E-state index in [-0.39, 0.29) is 5.82 Å². The van der Waals surface area contributed by atoms with Crippen molar-refractivity contribution in [2.24, 2.45) is 0 Å². The number of alkyl halides is 3. The third-order valence-electron chi connectivity index (χ3n) is 1.36. The lowest BCUT2D eigenvalue weighted by Gasteiger charge is -2.12. The average Bonchev–Trinajstić information content (AvgIpc) is 2.31. The van der Waals surface area contributed by atoms with Gasteiger partial charge in [-0.3, -0.25) is 4.79 Å². The molecular weight excluding hydrogens is 221 g/mol. The first kappa shape index (κ1) is 10.9. The van der Waals surface area contributed by atoms with Crippen LogP contribution in [0.5, 0.6) is 0 Å². The van der Waals surface area contributed by atoms with Crippen LogP contribution in [0.4, 0.5) is 13.2 Å². The van der Waals surface area contributed by atoms with Crippen LogP contribution in [0.2, 0.25) is 0 Å². The van der Waals surface area contributed by atoms with Gasteiger partial charge >= 0.3 is 12.1 Å². The van der Waals surface area contributed by atoms with Crippen molar-refractivity contribution in [1.82, 2.24) is 9.36 Å². The van der Waals surface area contributed by atoms with Gasteiger partial charge in [0, 0.05) is 0 Å². The molecule has 1 aromatic rings. The largest absolute Gasteiger partial charge is 0.480 e. The molecular formula is C6H5F3N2O2S. The van der Waals surface area contributed by atoms with E-state index in [0.717, 1.165) is 0 Å². The first-order valence-electron chi connectivity index (χ1n) is 3.42. The van der Waals surface area contributed by atoms with Gasteiger partial charge in [-0.1, -0.05) is 0 Å². The Morgan fingerprint density at radius 1 is 1.57 bits per heavy atom. The van der Waals surface area contributed by atoms with Gasteiger partial charge in [0.2, 0.25) is 5.92 Å². The second kappa shape index (κ2) is 3.52. The normalized spacial score (nSPS) is 14.0. The first-order valence-corrected chi connectivity index (χ1v) is 4.19. The number of hydrogen-bond acceptors (Lipinski definition) is 4. The highest BCUT2D eigenvalue weighted by atomic mass is 32.1. The monoisotopic (exact) mass is 226 g/mol. The van der Waals surface area contributed by atoms with Crippen molar-refractivity contribution in [3.8, 4) is 0 Å². The molecule has 1 N–H and O–H groups in total. The summed E-state index contributed by atoms with van der Waals surface area (Å²) in [4.78, 5) is 13.8. The van der Waals surface area contributed by atoms with Crippen LogP contribution >= 0.6 is 11.5 Å². The van der Waals surface area contributed by atoms with Crippen LogP contribution in [0.3, 0.4) is 0 Å². The van der Waals surface area contributed by atoms with Gasteiger partial charge in [-0.15, -0.1) is 0 Å². The van der Waals surface area contributed by atoms with Crippen molar-refractivity contribution >= 4 is 17.5 Å². The van der Waals surface area contributed by atoms with E-state index in [0.29, 0.717) is 11.5 Å². The highest BCUT2D eigenvalue weighted by Gasteiger charge is 2.48. The number of hydrogen-bond donors (Lipinski definition) is 1. The van der Waals surface area contributed by atoms with Gasteiger partial charge < -0.3 is 5.11 Å². The number of rotatable bonds is 2. The van der Waals surface area contributed by atoms with Crippen molar-refractivity contribution in [3.05, 3.63) is 10.8 Å². The van der Waals surface area contributed by atoms with Crippen molar-refractivity contribution in [1.29, 1.82) is 0 Å². The van der Waals surface area contributed by atoms with Crippen LogP contribution in [-0.2, 0) is 4.79 Å². The van der Waals surface area contributed by atoms with E-state index >= 15 is 0 Å². The molecule has 0 amide bonds. The number of nitrogens with zero attached hydrogens (tertiary/aromatic N) is 2. The van der Waals surface area contributed by atoms with Crippen LogP contribution in [0.25, 0.3) is 0 Å². The smallest absolute Gasteiger partial charge is 0.408 e. The molecule has 78 valence electrons. The van der Waals surface area contributed by atoms with E-state index in [1.54, 1.807) is 0 Å². The topological polar surface area (TPSA) is 63.1 Å². The zero-order valence-electron chi connectivity index (χ0n) is 6.87. The number of aromatic nitrogens is 2. The average molecular weight is 226 g/mol. The molecule has 0 radical (unpaired) electrons. The summed E-state index contributed by atoms with van der Waals surface area (Å²) in [6.45, 7) is 1.40. The number of carboxylic acid groups (broad SMARTS) is 1. The lowest BCUT2D eigenvalue weighted by Crippen LogP contribution is -2.28. The fraction of sp³-hybridized carbons (Fsp3) is 0.500. The Labute approximate surface area is 80.6 Å². The van der Waals surface area contributed by atoms with E-state index < -0.39 is 23.1 Å². The van der Waals surface area contributed by atoms with Gasteiger partial charge in [-0.2, -0.15) is 17.5 Å². The Morgan fingerprint density at radius 2 is 2.14 bits per heavy atom. The second-order valence-corrected chi connectivity index (χ2v) is 3.28. The second-order valence-electron chi connectivity index (χ2n) is 2.49. The van der Waals surface area contributed by atoms with Crippen LogP contribution in [-0.4, -0.2) is 26.6 Å².